The van der Waals surface area contributed by atoms with Crippen molar-refractivity contribution in [2.24, 2.45) is 0 Å². The number of nitrogens with zero attached hydrogens (tertiary/aromatic N) is 1. The second-order valence-electron chi connectivity index (χ2n) is 6.94. The van der Waals surface area contributed by atoms with E-state index in [1.54, 1.807) is 12.1 Å². The zero-order valence-corrected chi connectivity index (χ0v) is 17.3. The van der Waals surface area contributed by atoms with E-state index in [0.717, 1.165) is 10.8 Å². The molecular weight excluding hydrogens is 438 g/mol. The van der Waals surface area contributed by atoms with Gasteiger partial charge in [0, 0.05) is 23.7 Å². The van der Waals surface area contributed by atoms with Crippen LogP contribution in [-0.2, 0) is 25.0 Å². The third kappa shape index (κ3) is 4.17. The predicted octanol–water partition coefficient (Wildman–Crippen LogP) is 1.53. The first-order valence-electron chi connectivity index (χ1n) is 10.1. The Balaban J connectivity index is 1.60. The van der Waals surface area contributed by atoms with Gasteiger partial charge < -0.3 is 19.1 Å². The van der Waals surface area contributed by atoms with Gasteiger partial charge in [0.2, 0.25) is 5.85 Å². The summed E-state index contributed by atoms with van der Waals surface area (Å²) in [6.45, 7) is -2.38. The fraction of sp³-hybridized carbons (Fsp3) is 0.444. The van der Waals surface area contributed by atoms with E-state index in [1.807, 2.05) is 4.98 Å². The van der Waals surface area contributed by atoms with Crippen LogP contribution in [-0.4, -0.2) is 40.3 Å². The van der Waals surface area contributed by atoms with E-state index in [1.165, 1.54) is 20.1 Å². The number of alkyl halides is 1. The van der Waals surface area contributed by atoms with Crippen LogP contribution in [0.4, 0.5) is 4.39 Å². The number of rotatable bonds is 5. The number of hydrogen-bond acceptors (Lipinski definition) is 9. The fourth-order valence-corrected chi connectivity index (χ4v) is 4.28. The minimum atomic E-state index is -4.71. The standard InChI is InChI=1S/C18H20FN2O9P/c1-10-7-21(17(24)20-15(10)23)16-12(22)6-18(19,29-16)9-28-31(25)27-8-11-4-3-5-13(26-2)14(11)30-31/h3-5,7,12,16,22H,6,8-9H2,1-2H3,(H,20,23,24)/t12-,16-,18+,31?/m1/s1/i9D2. The highest BCUT2D eigenvalue weighted by Crippen LogP contribution is 2.57. The van der Waals surface area contributed by atoms with Crippen LogP contribution in [0.25, 0.3) is 0 Å². The highest BCUT2D eigenvalue weighted by molar-refractivity contribution is 7.49. The molecule has 1 saturated heterocycles. The van der Waals surface area contributed by atoms with Crippen LogP contribution in [0, 0.1) is 6.92 Å². The Kier molecular flexibility index (Phi) is 4.88. The average molecular weight is 460 g/mol. The summed E-state index contributed by atoms with van der Waals surface area (Å²) < 4.78 is 70.8. The number of aryl methyl sites for hydroxylation is 1. The molecule has 0 saturated carbocycles. The van der Waals surface area contributed by atoms with Gasteiger partial charge in [-0.05, 0) is 13.0 Å². The van der Waals surface area contributed by atoms with Crippen LogP contribution in [0.1, 0.15) is 26.5 Å². The van der Waals surface area contributed by atoms with E-state index >= 15 is 4.39 Å². The molecule has 4 atom stereocenters. The number of fused-ring (bicyclic) bond motifs is 1. The van der Waals surface area contributed by atoms with Crippen LogP contribution < -0.4 is 20.5 Å². The lowest BCUT2D eigenvalue weighted by Gasteiger charge is -2.28. The van der Waals surface area contributed by atoms with E-state index in [9.17, 15) is 19.3 Å². The van der Waals surface area contributed by atoms with E-state index in [0.29, 0.717) is 5.56 Å². The molecule has 4 rings (SSSR count). The minimum absolute atomic E-state index is 0.0150. The summed E-state index contributed by atoms with van der Waals surface area (Å²) in [5.74, 6) is -3.21. The number of nitrogens with one attached hydrogen (secondary N) is 1. The number of halogens is 1. The molecule has 1 aromatic heterocycles. The lowest BCUT2D eigenvalue weighted by atomic mass is 10.2. The van der Waals surface area contributed by atoms with Gasteiger partial charge in [-0.3, -0.25) is 23.4 Å². The topological polar surface area (TPSA) is 138 Å². The minimum Gasteiger partial charge on any atom is -0.493 e. The van der Waals surface area contributed by atoms with Crippen LogP contribution in [0.15, 0.2) is 34.0 Å². The van der Waals surface area contributed by atoms with Crippen LogP contribution in [0.5, 0.6) is 11.5 Å². The summed E-state index contributed by atoms with van der Waals surface area (Å²) in [6.07, 6.45) is -3.37. The van der Waals surface area contributed by atoms with Gasteiger partial charge in [-0.2, -0.15) is 0 Å². The smallest absolute Gasteiger partial charge is 0.493 e. The number of hydrogen-bond donors (Lipinski definition) is 2. The first kappa shape index (κ1) is 19.2. The molecule has 2 aliphatic heterocycles. The van der Waals surface area contributed by atoms with Crippen molar-refractivity contribution in [3.63, 3.8) is 0 Å². The van der Waals surface area contributed by atoms with Gasteiger partial charge in [-0.25, -0.2) is 13.8 Å². The number of para-hydroxylation sites is 1. The Morgan fingerprint density at radius 2 is 2.26 bits per heavy atom. The quantitative estimate of drug-likeness (QED) is 0.636. The Hall–Kier alpha value is -2.50. The van der Waals surface area contributed by atoms with Crippen molar-refractivity contribution in [2.45, 2.75) is 38.1 Å². The van der Waals surface area contributed by atoms with Gasteiger partial charge in [-0.1, -0.05) is 12.1 Å². The number of aromatic amines is 1. The molecule has 1 aromatic carbocycles. The number of aliphatic hydroxyl groups is 1. The first-order valence-corrected chi connectivity index (χ1v) is 10.5. The highest BCUT2D eigenvalue weighted by atomic mass is 31.2. The molecule has 1 fully saturated rings. The molecule has 2 aromatic rings. The number of aromatic nitrogens is 2. The maximum absolute atomic E-state index is 15.6. The molecule has 168 valence electrons. The van der Waals surface area contributed by atoms with Gasteiger partial charge in [0.15, 0.2) is 17.7 Å². The van der Waals surface area contributed by atoms with Crippen molar-refractivity contribution in [1.82, 2.24) is 9.55 Å². The summed E-state index contributed by atoms with van der Waals surface area (Å²) in [5, 5.41) is 10.3. The number of benzene rings is 1. The highest BCUT2D eigenvalue weighted by Gasteiger charge is 2.50. The predicted molar refractivity (Wildman–Crippen MR) is 103 cm³/mol. The van der Waals surface area contributed by atoms with Crippen molar-refractivity contribution in [3.05, 3.63) is 56.4 Å². The molecule has 13 heteroatoms. The van der Waals surface area contributed by atoms with Gasteiger partial charge in [0.05, 0.1) is 16.5 Å². The summed E-state index contributed by atoms with van der Waals surface area (Å²) in [4.78, 5) is 25.7. The molecule has 2 aliphatic rings. The second kappa shape index (κ2) is 7.88. The van der Waals surface area contributed by atoms with Crippen molar-refractivity contribution in [1.29, 1.82) is 0 Å². The third-order valence-corrected chi connectivity index (χ3v) is 5.87. The Labute approximate surface area is 177 Å². The normalized spacial score (nSPS) is 31.4. The van der Waals surface area contributed by atoms with Crippen molar-refractivity contribution in [2.75, 3.05) is 13.7 Å². The zero-order chi connectivity index (χ0) is 24.2. The fourth-order valence-electron chi connectivity index (χ4n) is 3.17. The van der Waals surface area contributed by atoms with Gasteiger partial charge in [0.1, 0.15) is 12.7 Å². The van der Waals surface area contributed by atoms with Crippen molar-refractivity contribution in [3.8, 4) is 11.5 Å². The largest absolute Gasteiger partial charge is 0.530 e. The molecular formula is C18H20FN2O9P. The maximum Gasteiger partial charge on any atom is 0.530 e. The first-order chi connectivity index (χ1) is 15.4. The van der Waals surface area contributed by atoms with E-state index < -0.39 is 50.2 Å². The van der Waals surface area contributed by atoms with Gasteiger partial charge >= 0.3 is 13.5 Å². The number of methoxy groups -OCH3 is 1. The molecule has 31 heavy (non-hydrogen) atoms. The number of ether oxygens (including phenoxy) is 2. The summed E-state index contributed by atoms with van der Waals surface area (Å²) in [6, 6.07) is 4.73. The SMILES string of the molecule is [2H]C([2H])(OP1(=O)OCc2cccc(OC)c2O1)[C@]1(F)C[C@@H](O)[C@H](n2cc(C)c(=O)[nH]c2=O)O1. The lowest BCUT2D eigenvalue weighted by molar-refractivity contribution is -0.179. The molecule has 0 spiro atoms. The average Bonchev–Trinajstić information content (AvgIpc) is 3.05. The Morgan fingerprint density at radius 3 is 3.00 bits per heavy atom. The van der Waals surface area contributed by atoms with Crippen LogP contribution in [0.2, 0.25) is 0 Å². The number of phosphoric ester groups is 1. The van der Waals surface area contributed by atoms with Gasteiger partial charge in [-0.15, -0.1) is 0 Å². The van der Waals surface area contributed by atoms with Crippen molar-refractivity contribution >= 4 is 7.82 Å². The molecule has 2 N–H and O–H groups in total. The summed E-state index contributed by atoms with van der Waals surface area (Å²) in [5.41, 5.74) is -1.17. The third-order valence-electron chi connectivity index (χ3n) is 4.70. The lowest BCUT2D eigenvalue weighted by Crippen LogP contribution is -2.37. The molecule has 0 amide bonds. The number of aliphatic hydroxyl groups excluding tert-OH is 1. The molecule has 1 unspecified atom stereocenters. The number of H-pyrrole nitrogens is 1. The Morgan fingerprint density at radius 1 is 1.48 bits per heavy atom. The monoisotopic (exact) mass is 460 g/mol. The molecule has 0 radical (unpaired) electrons. The summed E-state index contributed by atoms with van der Waals surface area (Å²) >= 11 is 0. The number of phosphoric acid groups is 1. The zero-order valence-electron chi connectivity index (χ0n) is 18.4. The molecule has 11 nitrogen and oxygen atoms in total. The van der Waals surface area contributed by atoms with E-state index in [4.69, 9.17) is 25.8 Å². The second-order valence-corrected chi connectivity index (χ2v) is 8.46. The molecule has 0 aliphatic carbocycles. The van der Waals surface area contributed by atoms with Crippen molar-refractivity contribution < 1.29 is 39.8 Å². The van der Waals surface area contributed by atoms with Crippen LogP contribution >= 0.6 is 7.82 Å². The van der Waals surface area contributed by atoms with E-state index in [2.05, 4.69) is 0 Å². The van der Waals surface area contributed by atoms with Gasteiger partial charge in [0.25, 0.3) is 5.56 Å². The summed E-state index contributed by atoms with van der Waals surface area (Å²) in [7, 11) is -3.37. The Bertz CT molecular complexity index is 1240. The maximum atomic E-state index is 15.6. The molecule has 0 bridgehead atoms. The van der Waals surface area contributed by atoms with Crippen LogP contribution in [0.3, 0.4) is 0 Å². The van der Waals surface area contributed by atoms with E-state index in [-0.39, 0.29) is 23.7 Å². The molecule has 3 heterocycles.